The van der Waals surface area contributed by atoms with E-state index >= 15 is 0 Å². The Balaban J connectivity index is 2.63. The fourth-order valence-electron chi connectivity index (χ4n) is 1.75. The second-order valence-corrected chi connectivity index (χ2v) is 3.71. The van der Waals surface area contributed by atoms with Crippen molar-refractivity contribution in [3.8, 4) is 0 Å². The fourth-order valence-corrected chi connectivity index (χ4v) is 2.01. The monoisotopic (exact) mass is 220 g/mol. The van der Waals surface area contributed by atoms with Gasteiger partial charge in [-0.15, -0.1) is 0 Å². The predicted octanol–water partition coefficient (Wildman–Crippen LogP) is 4.38. The van der Waals surface area contributed by atoms with Crippen LogP contribution < -0.4 is 0 Å². The van der Waals surface area contributed by atoms with Gasteiger partial charge in [0.05, 0.1) is 5.02 Å². The maximum absolute atomic E-state index is 13.3. The summed E-state index contributed by atoms with van der Waals surface area (Å²) in [5, 5.41) is 1.61. The third kappa shape index (κ3) is 1.15. The van der Waals surface area contributed by atoms with E-state index in [1.54, 1.807) is 6.07 Å². The molecule has 0 saturated heterocycles. The first-order valence-electron chi connectivity index (χ1n) is 4.52. The zero-order valence-electron chi connectivity index (χ0n) is 7.63. The molecule has 15 heavy (non-hydrogen) atoms. The molecule has 0 aliphatic carbocycles. The van der Waals surface area contributed by atoms with Crippen LogP contribution in [0.2, 0.25) is 5.02 Å². The van der Waals surface area contributed by atoms with Gasteiger partial charge in [0, 0.05) is 10.8 Å². The van der Waals surface area contributed by atoms with Crippen molar-refractivity contribution >= 4 is 33.5 Å². The van der Waals surface area contributed by atoms with Gasteiger partial charge in [-0.3, -0.25) is 0 Å². The Hall–Kier alpha value is -1.54. The van der Waals surface area contributed by atoms with Gasteiger partial charge in [0.1, 0.15) is 17.0 Å². The van der Waals surface area contributed by atoms with Crippen LogP contribution in [0.1, 0.15) is 0 Å². The third-order valence-electron chi connectivity index (χ3n) is 2.43. The summed E-state index contributed by atoms with van der Waals surface area (Å²) in [5.74, 6) is -0.421. The number of hydrogen-bond acceptors (Lipinski definition) is 1. The first kappa shape index (κ1) is 8.74. The fraction of sp³-hybridized carbons (Fsp3) is 0. The number of halogens is 2. The Bertz CT molecular complexity index is 657. The van der Waals surface area contributed by atoms with Gasteiger partial charge in [0.25, 0.3) is 0 Å². The SMILES string of the molecule is Fc1ccc2oc3ccccc3c2c1Cl. The number of fused-ring (bicyclic) bond motifs is 3. The van der Waals surface area contributed by atoms with E-state index in [1.807, 2.05) is 24.3 Å². The largest absolute Gasteiger partial charge is 0.456 e. The van der Waals surface area contributed by atoms with Crippen molar-refractivity contribution in [2.45, 2.75) is 0 Å². The van der Waals surface area contributed by atoms with Crippen molar-refractivity contribution in [1.82, 2.24) is 0 Å². The summed E-state index contributed by atoms with van der Waals surface area (Å²) >= 11 is 5.91. The highest BCUT2D eigenvalue weighted by Crippen LogP contribution is 2.34. The molecule has 0 unspecified atom stereocenters. The zero-order chi connectivity index (χ0) is 10.4. The Morgan fingerprint density at radius 3 is 2.67 bits per heavy atom. The molecule has 0 N–H and O–H groups in total. The van der Waals surface area contributed by atoms with Crippen LogP contribution in [-0.4, -0.2) is 0 Å². The van der Waals surface area contributed by atoms with Crippen LogP contribution in [0.25, 0.3) is 21.9 Å². The lowest BCUT2D eigenvalue weighted by Crippen LogP contribution is -1.76. The summed E-state index contributed by atoms with van der Waals surface area (Å²) in [5.41, 5.74) is 1.34. The van der Waals surface area contributed by atoms with Crippen molar-refractivity contribution in [3.05, 3.63) is 47.2 Å². The molecule has 0 bridgehead atoms. The highest BCUT2D eigenvalue weighted by atomic mass is 35.5. The van der Waals surface area contributed by atoms with Crippen molar-refractivity contribution in [2.75, 3.05) is 0 Å². The predicted molar refractivity (Wildman–Crippen MR) is 58.7 cm³/mol. The highest BCUT2D eigenvalue weighted by Gasteiger charge is 2.12. The van der Waals surface area contributed by atoms with Gasteiger partial charge in [0.2, 0.25) is 0 Å². The average Bonchev–Trinajstić information content (AvgIpc) is 2.62. The molecule has 0 aliphatic rings. The van der Waals surface area contributed by atoms with Gasteiger partial charge in [0.15, 0.2) is 0 Å². The molecule has 0 radical (unpaired) electrons. The molecular formula is C12H6ClFO. The van der Waals surface area contributed by atoms with Crippen molar-refractivity contribution in [1.29, 1.82) is 0 Å². The van der Waals surface area contributed by atoms with E-state index in [2.05, 4.69) is 0 Å². The second kappa shape index (κ2) is 2.97. The topological polar surface area (TPSA) is 13.1 Å². The molecule has 1 nitrogen and oxygen atoms in total. The molecule has 1 aromatic heterocycles. The van der Waals surface area contributed by atoms with Crippen LogP contribution in [0.4, 0.5) is 4.39 Å². The summed E-state index contributed by atoms with van der Waals surface area (Å²) in [6.45, 7) is 0. The maximum atomic E-state index is 13.3. The molecule has 3 rings (SSSR count). The number of furan rings is 1. The zero-order valence-corrected chi connectivity index (χ0v) is 8.38. The van der Waals surface area contributed by atoms with Crippen molar-refractivity contribution < 1.29 is 8.81 Å². The van der Waals surface area contributed by atoms with E-state index in [0.717, 1.165) is 11.0 Å². The van der Waals surface area contributed by atoms with Crippen molar-refractivity contribution in [3.63, 3.8) is 0 Å². The van der Waals surface area contributed by atoms with Crippen molar-refractivity contribution in [2.24, 2.45) is 0 Å². The van der Waals surface area contributed by atoms with E-state index in [4.69, 9.17) is 16.0 Å². The first-order chi connectivity index (χ1) is 7.27. The maximum Gasteiger partial charge on any atom is 0.142 e. The molecule has 3 heteroatoms. The molecule has 1 heterocycles. The number of para-hydroxylation sites is 1. The number of benzene rings is 2. The van der Waals surface area contributed by atoms with Crippen LogP contribution >= 0.6 is 11.6 Å². The van der Waals surface area contributed by atoms with E-state index in [0.29, 0.717) is 11.0 Å². The van der Waals surface area contributed by atoms with E-state index in [1.165, 1.54) is 6.07 Å². The minimum absolute atomic E-state index is 0.123. The molecule has 0 aliphatic heterocycles. The van der Waals surface area contributed by atoms with Crippen LogP contribution in [0.3, 0.4) is 0 Å². The molecule has 3 aromatic rings. The molecule has 0 saturated carbocycles. The van der Waals surface area contributed by atoms with E-state index in [-0.39, 0.29) is 5.02 Å². The Morgan fingerprint density at radius 2 is 1.80 bits per heavy atom. The molecule has 0 spiro atoms. The van der Waals surface area contributed by atoms with Gasteiger partial charge in [-0.25, -0.2) is 4.39 Å². The molecule has 0 fully saturated rings. The summed E-state index contributed by atoms with van der Waals surface area (Å²) in [7, 11) is 0. The first-order valence-corrected chi connectivity index (χ1v) is 4.90. The van der Waals surface area contributed by atoms with Crippen LogP contribution in [0.15, 0.2) is 40.8 Å². The smallest absolute Gasteiger partial charge is 0.142 e. The molecule has 0 atom stereocenters. The van der Waals surface area contributed by atoms with Crippen LogP contribution in [0, 0.1) is 5.82 Å². The van der Waals surface area contributed by atoms with Gasteiger partial charge < -0.3 is 4.42 Å². The van der Waals surface area contributed by atoms with Gasteiger partial charge >= 0.3 is 0 Å². The number of rotatable bonds is 0. The van der Waals surface area contributed by atoms with Crippen LogP contribution in [0.5, 0.6) is 0 Å². The summed E-state index contributed by atoms with van der Waals surface area (Å²) in [6.07, 6.45) is 0. The quantitative estimate of drug-likeness (QED) is 0.548. The lowest BCUT2D eigenvalue weighted by atomic mass is 10.1. The van der Waals surface area contributed by atoms with Crippen LogP contribution in [-0.2, 0) is 0 Å². The Labute approximate surface area is 90.1 Å². The highest BCUT2D eigenvalue weighted by molar-refractivity contribution is 6.37. The van der Waals surface area contributed by atoms with Gasteiger partial charge in [-0.1, -0.05) is 29.8 Å². The average molecular weight is 221 g/mol. The normalized spacial score (nSPS) is 11.3. The summed E-state index contributed by atoms with van der Waals surface area (Å²) in [6, 6.07) is 10.4. The Morgan fingerprint density at radius 1 is 1.00 bits per heavy atom. The summed E-state index contributed by atoms with van der Waals surface area (Å²) < 4.78 is 18.8. The molecule has 74 valence electrons. The lowest BCUT2D eigenvalue weighted by Gasteiger charge is -1.94. The minimum atomic E-state index is -0.421. The Kier molecular flexibility index (Phi) is 1.73. The van der Waals surface area contributed by atoms with E-state index < -0.39 is 5.82 Å². The molecule has 0 amide bonds. The molecular weight excluding hydrogens is 215 g/mol. The molecule has 2 aromatic carbocycles. The summed E-state index contributed by atoms with van der Waals surface area (Å²) in [4.78, 5) is 0. The van der Waals surface area contributed by atoms with Gasteiger partial charge in [-0.2, -0.15) is 0 Å². The lowest BCUT2D eigenvalue weighted by molar-refractivity contribution is 0.626. The van der Waals surface area contributed by atoms with Gasteiger partial charge in [-0.05, 0) is 18.2 Å². The minimum Gasteiger partial charge on any atom is -0.456 e. The second-order valence-electron chi connectivity index (χ2n) is 3.33. The number of hydrogen-bond donors (Lipinski definition) is 0. The van der Waals surface area contributed by atoms with E-state index in [9.17, 15) is 4.39 Å². The third-order valence-corrected chi connectivity index (χ3v) is 2.80. The standard InChI is InChI=1S/C12H6ClFO/c13-12-8(14)5-6-10-11(12)7-3-1-2-4-9(7)15-10/h1-6H.